The fraction of sp³-hybridized carbons (Fsp3) is 0.727. The van der Waals surface area contributed by atoms with Gasteiger partial charge in [0.1, 0.15) is 12.4 Å². The fourth-order valence-electron chi connectivity index (χ4n) is 1.93. The highest BCUT2D eigenvalue weighted by molar-refractivity contribution is 4.99. The Hall–Kier alpha value is -1.03. The van der Waals surface area contributed by atoms with Gasteiger partial charge in [-0.25, -0.2) is 0 Å². The summed E-state index contributed by atoms with van der Waals surface area (Å²) < 4.78 is 10.8. The minimum absolute atomic E-state index is 0.269. The molecule has 0 saturated heterocycles. The van der Waals surface area contributed by atoms with Gasteiger partial charge in [0, 0.05) is 6.54 Å². The molecule has 1 aliphatic rings. The molecular weight excluding hydrogens is 192 g/mol. The van der Waals surface area contributed by atoms with Gasteiger partial charge in [-0.1, -0.05) is 6.92 Å². The van der Waals surface area contributed by atoms with E-state index in [9.17, 15) is 0 Å². The van der Waals surface area contributed by atoms with Crippen LogP contribution in [0.1, 0.15) is 38.3 Å². The minimum atomic E-state index is 0.269. The van der Waals surface area contributed by atoms with E-state index in [0.717, 1.165) is 24.5 Å². The van der Waals surface area contributed by atoms with Crippen molar-refractivity contribution in [2.45, 2.75) is 45.3 Å². The molecule has 1 heterocycles. The van der Waals surface area contributed by atoms with Crippen molar-refractivity contribution >= 4 is 0 Å². The van der Waals surface area contributed by atoms with Crippen molar-refractivity contribution in [2.24, 2.45) is 11.7 Å². The lowest BCUT2D eigenvalue weighted by Gasteiger charge is -2.25. The van der Waals surface area contributed by atoms with Gasteiger partial charge in [-0.05, 0) is 31.6 Å². The molecule has 0 aromatic carbocycles. The fourth-order valence-corrected chi connectivity index (χ4v) is 1.93. The normalized spacial score (nSPS) is 26.5. The Kier molecular flexibility index (Phi) is 3.26. The zero-order valence-electron chi connectivity index (χ0n) is 9.11. The molecule has 4 heteroatoms. The first-order valence-electron chi connectivity index (χ1n) is 5.59. The van der Waals surface area contributed by atoms with E-state index < -0.39 is 0 Å². The van der Waals surface area contributed by atoms with E-state index in [0.29, 0.717) is 12.6 Å². The number of ether oxygens (including phenoxy) is 1. The van der Waals surface area contributed by atoms with E-state index in [-0.39, 0.29) is 6.10 Å². The first-order valence-corrected chi connectivity index (χ1v) is 5.59. The number of aromatic nitrogens is 1. The van der Waals surface area contributed by atoms with E-state index in [2.05, 4.69) is 11.9 Å². The molecule has 0 bridgehead atoms. The van der Waals surface area contributed by atoms with Crippen LogP contribution in [-0.4, -0.2) is 11.1 Å². The quantitative estimate of drug-likeness (QED) is 0.829. The summed E-state index contributed by atoms with van der Waals surface area (Å²) >= 11 is 0. The van der Waals surface area contributed by atoms with Crippen LogP contribution in [0.3, 0.4) is 0 Å². The molecule has 2 rings (SSSR count). The maximum Gasteiger partial charge on any atom is 0.394 e. The molecule has 0 unspecified atom stereocenters. The summed E-state index contributed by atoms with van der Waals surface area (Å²) in [6.45, 7) is 2.68. The van der Waals surface area contributed by atoms with E-state index in [1.54, 1.807) is 6.26 Å². The first kappa shape index (κ1) is 10.5. The Morgan fingerprint density at radius 1 is 1.47 bits per heavy atom. The average molecular weight is 210 g/mol. The van der Waals surface area contributed by atoms with E-state index >= 15 is 0 Å². The number of nitrogens with two attached hydrogens (primary N) is 1. The van der Waals surface area contributed by atoms with E-state index in [1.165, 1.54) is 12.8 Å². The lowest BCUT2D eigenvalue weighted by molar-refractivity contribution is 0.0990. The Morgan fingerprint density at radius 3 is 2.80 bits per heavy atom. The first-order chi connectivity index (χ1) is 7.28. The number of rotatable bonds is 3. The van der Waals surface area contributed by atoms with E-state index in [4.69, 9.17) is 14.9 Å². The number of hydrogen-bond donors (Lipinski definition) is 1. The van der Waals surface area contributed by atoms with Gasteiger partial charge in [-0.2, -0.15) is 4.98 Å². The smallest absolute Gasteiger partial charge is 0.394 e. The third kappa shape index (κ3) is 2.72. The summed E-state index contributed by atoms with van der Waals surface area (Å²) in [5, 5.41) is 0. The molecule has 15 heavy (non-hydrogen) atoms. The van der Waals surface area contributed by atoms with Crippen LogP contribution in [0.4, 0.5) is 0 Å². The molecule has 0 aliphatic heterocycles. The molecule has 1 aliphatic carbocycles. The maximum atomic E-state index is 5.65. The highest BCUT2D eigenvalue weighted by Crippen LogP contribution is 2.26. The Labute approximate surface area is 89.8 Å². The van der Waals surface area contributed by atoms with Gasteiger partial charge in [0.15, 0.2) is 0 Å². The van der Waals surface area contributed by atoms with Gasteiger partial charge in [0.05, 0.1) is 5.69 Å². The monoisotopic (exact) mass is 210 g/mol. The molecule has 0 atom stereocenters. The van der Waals surface area contributed by atoms with Gasteiger partial charge < -0.3 is 14.9 Å². The van der Waals surface area contributed by atoms with Gasteiger partial charge in [0.25, 0.3) is 0 Å². The summed E-state index contributed by atoms with van der Waals surface area (Å²) in [4.78, 5) is 4.13. The topological polar surface area (TPSA) is 61.3 Å². The molecule has 84 valence electrons. The molecule has 1 saturated carbocycles. The van der Waals surface area contributed by atoms with Crippen LogP contribution in [0.5, 0.6) is 6.08 Å². The molecule has 0 radical (unpaired) electrons. The standard InChI is InChI=1S/C11H18N2O2/c1-8-2-4-10(5-3-8)15-11-13-9(6-12)7-14-11/h7-8,10H,2-6,12H2,1H3. The largest absolute Gasteiger partial charge is 0.447 e. The van der Waals surface area contributed by atoms with Crippen LogP contribution >= 0.6 is 0 Å². The van der Waals surface area contributed by atoms with Gasteiger partial charge in [-0.15, -0.1) is 0 Å². The molecule has 0 spiro atoms. The van der Waals surface area contributed by atoms with Crippen LogP contribution < -0.4 is 10.5 Å². The molecule has 2 N–H and O–H groups in total. The predicted molar refractivity (Wildman–Crippen MR) is 56.4 cm³/mol. The Bertz CT molecular complexity index is 303. The number of nitrogens with zero attached hydrogens (tertiary/aromatic N) is 1. The molecule has 1 aromatic rings. The summed E-state index contributed by atoms with van der Waals surface area (Å²) in [5.74, 6) is 0.828. The van der Waals surface area contributed by atoms with Crippen LogP contribution in [0.2, 0.25) is 0 Å². The van der Waals surface area contributed by atoms with Crippen LogP contribution in [-0.2, 0) is 6.54 Å². The highest BCUT2D eigenvalue weighted by atomic mass is 16.6. The predicted octanol–water partition coefficient (Wildman–Crippen LogP) is 2.09. The lowest BCUT2D eigenvalue weighted by atomic mass is 9.89. The number of oxazole rings is 1. The zero-order chi connectivity index (χ0) is 10.7. The second-order valence-corrected chi connectivity index (χ2v) is 4.31. The Morgan fingerprint density at radius 2 is 2.20 bits per heavy atom. The molecular formula is C11H18N2O2. The van der Waals surface area contributed by atoms with Crippen LogP contribution in [0.25, 0.3) is 0 Å². The summed E-state index contributed by atoms with van der Waals surface area (Å²) in [5.41, 5.74) is 6.18. The van der Waals surface area contributed by atoms with Gasteiger partial charge in [-0.3, -0.25) is 0 Å². The SMILES string of the molecule is CC1CCC(Oc2nc(CN)co2)CC1. The van der Waals surface area contributed by atoms with Crippen molar-refractivity contribution < 1.29 is 9.15 Å². The van der Waals surface area contributed by atoms with Crippen LogP contribution in [0, 0.1) is 5.92 Å². The van der Waals surface area contributed by atoms with Crippen molar-refractivity contribution in [2.75, 3.05) is 0 Å². The van der Waals surface area contributed by atoms with Crippen molar-refractivity contribution in [3.8, 4) is 6.08 Å². The molecule has 1 fully saturated rings. The summed E-state index contributed by atoms with van der Waals surface area (Å²) in [7, 11) is 0. The van der Waals surface area contributed by atoms with Crippen LogP contribution in [0.15, 0.2) is 10.7 Å². The lowest BCUT2D eigenvalue weighted by Crippen LogP contribution is -2.23. The summed E-state index contributed by atoms with van der Waals surface area (Å²) in [6.07, 6.45) is 6.86. The van der Waals surface area contributed by atoms with Gasteiger partial charge in [0.2, 0.25) is 0 Å². The van der Waals surface area contributed by atoms with Crippen molar-refractivity contribution in [1.29, 1.82) is 0 Å². The minimum Gasteiger partial charge on any atom is -0.447 e. The average Bonchev–Trinajstić information content (AvgIpc) is 2.69. The van der Waals surface area contributed by atoms with E-state index in [1.807, 2.05) is 0 Å². The molecule has 0 amide bonds. The van der Waals surface area contributed by atoms with Crippen molar-refractivity contribution in [1.82, 2.24) is 4.98 Å². The second-order valence-electron chi connectivity index (χ2n) is 4.31. The van der Waals surface area contributed by atoms with Crippen molar-refractivity contribution in [3.63, 3.8) is 0 Å². The van der Waals surface area contributed by atoms with Gasteiger partial charge >= 0.3 is 6.08 Å². The third-order valence-corrected chi connectivity index (χ3v) is 2.97. The third-order valence-electron chi connectivity index (χ3n) is 2.97. The molecule has 4 nitrogen and oxygen atoms in total. The Balaban J connectivity index is 1.86. The highest BCUT2D eigenvalue weighted by Gasteiger charge is 2.21. The van der Waals surface area contributed by atoms with Crippen molar-refractivity contribution in [3.05, 3.63) is 12.0 Å². The summed E-state index contributed by atoms with van der Waals surface area (Å²) in [6, 6.07) is 0. The number of hydrogen-bond acceptors (Lipinski definition) is 4. The maximum absolute atomic E-state index is 5.65. The second kappa shape index (κ2) is 4.66. The molecule has 1 aromatic heterocycles. The zero-order valence-corrected chi connectivity index (χ0v) is 9.11.